The van der Waals surface area contributed by atoms with Crippen molar-refractivity contribution in [1.29, 1.82) is 0 Å². The predicted octanol–water partition coefficient (Wildman–Crippen LogP) is 1.97. The Labute approximate surface area is 119 Å². The minimum Gasteiger partial charge on any atom is -0.481 e. The van der Waals surface area contributed by atoms with E-state index in [1.54, 1.807) is 23.1 Å². The van der Waals surface area contributed by atoms with Gasteiger partial charge in [-0.2, -0.15) is 0 Å². The number of halogens is 1. The standard InChI is InChI=1S/C13H15BrN2O3/c14-11-4-3-9(15)6-10(11)12(17)16-5-1-2-8(7-16)13(18)19/h3-4,6,8H,1-2,5,7,15H2,(H,18,19). The van der Waals surface area contributed by atoms with E-state index < -0.39 is 11.9 Å². The van der Waals surface area contributed by atoms with Crippen LogP contribution in [0.4, 0.5) is 5.69 Å². The molecule has 1 aliphatic rings. The molecule has 3 N–H and O–H groups in total. The number of anilines is 1. The van der Waals surface area contributed by atoms with Gasteiger partial charge in [0.15, 0.2) is 0 Å². The number of benzene rings is 1. The molecule has 19 heavy (non-hydrogen) atoms. The lowest BCUT2D eigenvalue weighted by molar-refractivity contribution is -0.143. The molecule has 1 heterocycles. The summed E-state index contributed by atoms with van der Waals surface area (Å²) in [4.78, 5) is 25.0. The maximum Gasteiger partial charge on any atom is 0.308 e. The van der Waals surface area contributed by atoms with Crippen LogP contribution in [0.1, 0.15) is 23.2 Å². The number of nitrogen functional groups attached to an aromatic ring is 1. The molecule has 2 rings (SSSR count). The molecule has 102 valence electrons. The predicted molar refractivity (Wildman–Crippen MR) is 74.8 cm³/mol. The van der Waals surface area contributed by atoms with Crippen LogP contribution in [0.5, 0.6) is 0 Å². The molecule has 1 aliphatic heterocycles. The normalized spacial score (nSPS) is 19.2. The van der Waals surface area contributed by atoms with Crippen LogP contribution in [-0.2, 0) is 4.79 Å². The summed E-state index contributed by atoms with van der Waals surface area (Å²) < 4.78 is 0.671. The van der Waals surface area contributed by atoms with Crippen LogP contribution in [-0.4, -0.2) is 35.0 Å². The van der Waals surface area contributed by atoms with Gasteiger partial charge < -0.3 is 15.7 Å². The highest BCUT2D eigenvalue weighted by Gasteiger charge is 2.29. The van der Waals surface area contributed by atoms with Gasteiger partial charge in [-0.25, -0.2) is 0 Å². The van der Waals surface area contributed by atoms with E-state index in [2.05, 4.69) is 15.9 Å². The Morgan fingerprint density at radius 1 is 1.42 bits per heavy atom. The lowest BCUT2D eigenvalue weighted by Crippen LogP contribution is -2.42. The molecule has 1 aromatic rings. The van der Waals surface area contributed by atoms with Crippen molar-refractivity contribution in [2.45, 2.75) is 12.8 Å². The Hall–Kier alpha value is -1.56. The lowest BCUT2D eigenvalue weighted by Gasteiger charge is -2.31. The number of piperidine rings is 1. The van der Waals surface area contributed by atoms with E-state index in [1.807, 2.05) is 0 Å². The van der Waals surface area contributed by atoms with Gasteiger partial charge in [-0.3, -0.25) is 9.59 Å². The molecule has 0 spiro atoms. The first-order chi connectivity index (χ1) is 8.99. The van der Waals surface area contributed by atoms with Crippen molar-refractivity contribution in [2.75, 3.05) is 18.8 Å². The van der Waals surface area contributed by atoms with Gasteiger partial charge in [0.2, 0.25) is 0 Å². The number of nitrogens with two attached hydrogens (primary N) is 1. The summed E-state index contributed by atoms with van der Waals surface area (Å²) >= 11 is 3.32. The Kier molecular flexibility index (Phi) is 4.09. The van der Waals surface area contributed by atoms with Crippen LogP contribution in [0, 0.1) is 5.92 Å². The van der Waals surface area contributed by atoms with E-state index in [-0.39, 0.29) is 12.5 Å². The number of nitrogens with zero attached hydrogens (tertiary/aromatic N) is 1. The van der Waals surface area contributed by atoms with Crippen molar-refractivity contribution < 1.29 is 14.7 Å². The first-order valence-electron chi connectivity index (χ1n) is 6.06. The summed E-state index contributed by atoms with van der Waals surface area (Å²) in [5.41, 5.74) is 6.67. The molecular weight excluding hydrogens is 312 g/mol. The molecule has 1 fully saturated rings. The Morgan fingerprint density at radius 2 is 2.16 bits per heavy atom. The van der Waals surface area contributed by atoms with Gasteiger partial charge >= 0.3 is 5.97 Å². The fourth-order valence-corrected chi connectivity index (χ4v) is 2.66. The smallest absolute Gasteiger partial charge is 0.308 e. The number of rotatable bonds is 2. The first-order valence-corrected chi connectivity index (χ1v) is 6.85. The van der Waals surface area contributed by atoms with Gasteiger partial charge in [-0.15, -0.1) is 0 Å². The SMILES string of the molecule is Nc1ccc(Br)c(C(=O)N2CCCC(C(=O)O)C2)c1. The van der Waals surface area contributed by atoms with Gasteiger partial charge in [0.25, 0.3) is 5.91 Å². The van der Waals surface area contributed by atoms with Crippen molar-refractivity contribution in [3.63, 3.8) is 0 Å². The topological polar surface area (TPSA) is 83.6 Å². The monoisotopic (exact) mass is 326 g/mol. The van der Waals surface area contributed by atoms with Crippen molar-refractivity contribution in [1.82, 2.24) is 4.90 Å². The minimum absolute atomic E-state index is 0.176. The van der Waals surface area contributed by atoms with E-state index in [4.69, 9.17) is 10.8 Å². The largest absolute Gasteiger partial charge is 0.481 e. The molecule has 1 amide bonds. The molecule has 0 aliphatic carbocycles. The Balaban J connectivity index is 2.19. The Bertz CT molecular complexity index is 519. The number of amides is 1. The highest BCUT2D eigenvalue weighted by molar-refractivity contribution is 9.10. The van der Waals surface area contributed by atoms with E-state index in [0.717, 1.165) is 0 Å². The summed E-state index contributed by atoms with van der Waals surface area (Å²) in [5, 5.41) is 9.04. The highest BCUT2D eigenvalue weighted by Crippen LogP contribution is 2.24. The van der Waals surface area contributed by atoms with Crippen molar-refractivity contribution in [2.24, 2.45) is 5.92 Å². The second-order valence-electron chi connectivity index (χ2n) is 4.67. The van der Waals surface area contributed by atoms with Gasteiger partial charge in [0.05, 0.1) is 11.5 Å². The number of carbonyl (C=O) groups is 2. The van der Waals surface area contributed by atoms with Gasteiger partial charge in [-0.1, -0.05) is 0 Å². The van der Waals surface area contributed by atoms with Crippen LogP contribution in [0.25, 0.3) is 0 Å². The summed E-state index contributed by atoms with van der Waals surface area (Å²) in [6, 6.07) is 5.04. The number of hydrogen-bond acceptors (Lipinski definition) is 3. The zero-order valence-corrected chi connectivity index (χ0v) is 11.9. The van der Waals surface area contributed by atoms with E-state index in [1.165, 1.54) is 0 Å². The average Bonchev–Trinajstić information content (AvgIpc) is 2.41. The van der Waals surface area contributed by atoms with Gasteiger partial charge in [-0.05, 0) is 47.0 Å². The number of likely N-dealkylation sites (tertiary alicyclic amines) is 1. The molecule has 1 saturated heterocycles. The van der Waals surface area contributed by atoms with Crippen LogP contribution >= 0.6 is 15.9 Å². The molecule has 0 bridgehead atoms. The van der Waals surface area contributed by atoms with E-state index in [9.17, 15) is 9.59 Å². The first kappa shape index (κ1) is 13.9. The molecule has 6 heteroatoms. The second kappa shape index (κ2) is 5.61. The quantitative estimate of drug-likeness (QED) is 0.814. The van der Waals surface area contributed by atoms with Crippen LogP contribution < -0.4 is 5.73 Å². The zero-order valence-electron chi connectivity index (χ0n) is 10.3. The third kappa shape index (κ3) is 3.07. The fraction of sp³-hybridized carbons (Fsp3) is 0.385. The lowest BCUT2D eigenvalue weighted by atomic mass is 9.97. The van der Waals surface area contributed by atoms with Crippen LogP contribution in [0.3, 0.4) is 0 Å². The molecule has 1 aromatic carbocycles. The maximum absolute atomic E-state index is 12.4. The molecular formula is C13H15BrN2O3. The van der Waals surface area contributed by atoms with Crippen LogP contribution in [0.15, 0.2) is 22.7 Å². The third-order valence-corrected chi connectivity index (χ3v) is 3.97. The molecule has 1 unspecified atom stereocenters. The van der Waals surface area contributed by atoms with Crippen molar-refractivity contribution in [3.05, 3.63) is 28.2 Å². The van der Waals surface area contributed by atoms with Crippen molar-refractivity contribution >= 4 is 33.5 Å². The highest BCUT2D eigenvalue weighted by atomic mass is 79.9. The maximum atomic E-state index is 12.4. The summed E-state index contributed by atoms with van der Waals surface area (Å²) in [7, 11) is 0. The van der Waals surface area contributed by atoms with Gasteiger partial charge in [0.1, 0.15) is 0 Å². The number of carbonyl (C=O) groups excluding carboxylic acids is 1. The van der Waals surface area contributed by atoms with Gasteiger partial charge in [0, 0.05) is 23.2 Å². The molecule has 5 nitrogen and oxygen atoms in total. The summed E-state index contributed by atoms with van der Waals surface area (Å²) in [6.07, 6.45) is 1.33. The number of carboxylic acids is 1. The molecule has 1 atom stereocenters. The number of aliphatic carboxylic acids is 1. The Morgan fingerprint density at radius 3 is 2.84 bits per heavy atom. The summed E-state index contributed by atoms with van der Waals surface area (Å²) in [5.74, 6) is -1.49. The second-order valence-corrected chi connectivity index (χ2v) is 5.52. The number of hydrogen-bond donors (Lipinski definition) is 2. The average molecular weight is 327 g/mol. The molecule has 0 radical (unpaired) electrons. The van der Waals surface area contributed by atoms with E-state index in [0.29, 0.717) is 35.1 Å². The van der Waals surface area contributed by atoms with E-state index >= 15 is 0 Å². The third-order valence-electron chi connectivity index (χ3n) is 3.28. The zero-order chi connectivity index (χ0) is 14.0. The molecule has 0 aromatic heterocycles. The molecule has 0 saturated carbocycles. The minimum atomic E-state index is -0.843. The van der Waals surface area contributed by atoms with Crippen molar-refractivity contribution in [3.8, 4) is 0 Å². The summed E-state index contributed by atoms with van der Waals surface area (Å²) in [6.45, 7) is 0.846. The van der Waals surface area contributed by atoms with Crippen LogP contribution in [0.2, 0.25) is 0 Å². The number of carboxylic acid groups (broad SMARTS) is 1. The fourth-order valence-electron chi connectivity index (χ4n) is 2.24.